The summed E-state index contributed by atoms with van der Waals surface area (Å²) in [6.45, 7) is 4.39. The summed E-state index contributed by atoms with van der Waals surface area (Å²) in [5, 5.41) is 13.8. The largest absolute Gasteiger partial charge is 0.264 e. The number of hydrogen-bond acceptors (Lipinski definition) is 3. The minimum atomic E-state index is 0.412. The van der Waals surface area contributed by atoms with Gasteiger partial charge in [0.15, 0.2) is 0 Å². The summed E-state index contributed by atoms with van der Waals surface area (Å²) in [5.41, 5.74) is 3.15. The molecule has 2 aromatic rings. The van der Waals surface area contributed by atoms with E-state index in [0.717, 1.165) is 17.0 Å². The van der Waals surface area contributed by atoms with Gasteiger partial charge in [-0.2, -0.15) is 10.4 Å². The van der Waals surface area contributed by atoms with Crippen molar-refractivity contribution in [1.29, 1.82) is 5.26 Å². The maximum atomic E-state index is 8.77. The Morgan fingerprint density at radius 2 is 2.24 bits per heavy atom. The van der Waals surface area contributed by atoms with Gasteiger partial charge in [0.1, 0.15) is 11.8 Å². The average Bonchev–Trinajstić information content (AvgIpc) is 2.57. The minimum absolute atomic E-state index is 0.412. The molecule has 0 saturated heterocycles. The van der Waals surface area contributed by atoms with Gasteiger partial charge in [-0.15, -0.1) is 0 Å². The minimum Gasteiger partial charge on any atom is -0.264 e. The zero-order valence-electron chi connectivity index (χ0n) is 9.61. The average molecular weight is 247 g/mol. The molecule has 0 radical (unpaired) electrons. The molecule has 0 N–H and O–H groups in total. The zero-order chi connectivity index (χ0) is 12.4. The van der Waals surface area contributed by atoms with Gasteiger partial charge in [-0.05, 0) is 31.5 Å². The molecule has 0 aromatic carbocycles. The Hall–Kier alpha value is -1.86. The van der Waals surface area contributed by atoms with E-state index in [2.05, 4.69) is 10.1 Å². The highest BCUT2D eigenvalue weighted by Crippen LogP contribution is 2.19. The topological polar surface area (TPSA) is 54.5 Å². The third-order valence-electron chi connectivity index (χ3n) is 2.56. The van der Waals surface area contributed by atoms with Crippen LogP contribution in [0.3, 0.4) is 0 Å². The molecule has 0 atom stereocenters. The molecule has 2 aromatic heterocycles. The van der Waals surface area contributed by atoms with Crippen molar-refractivity contribution in [2.24, 2.45) is 0 Å². The van der Waals surface area contributed by atoms with Gasteiger partial charge in [0.2, 0.25) is 0 Å². The number of nitrogens with zero attached hydrogens (tertiary/aromatic N) is 4. The second-order valence-corrected chi connectivity index (χ2v) is 4.18. The Morgan fingerprint density at radius 3 is 2.82 bits per heavy atom. The quantitative estimate of drug-likeness (QED) is 0.818. The Kier molecular flexibility index (Phi) is 3.12. The highest BCUT2D eigenvalue weighted by Gasteiger charge is 2.09. The van der Waals surface area contributed by atoms with E-state index >= 15 is 0 Å². The predicted molar refractivity (Wildman–Crippen MR) is 64.8 cm³/mol. The van der Waals surface area contributed by atoms with Gasteiger partial charge < -0.3 is 0 Å². The van der Waals surface area contributed by atoms with Crippen molar-refractivity contribution < 1.29 is 0 Å². The van der Waals surface area contributed by atoms with Crippen molar-refractivity contribution in [2.45, 2.75) is 20.4 Å². The smallest absolute Gasteiger partial charge is 0.140 e. The Labute approximate surface area is 104 Å². The summed E-state index contributed by atoms with van der Waals surface area (Å²) in [6, 6.07) is 5.64. The van der Waals surface area contributed by atoms with Gasteiger partial charge in [-0.1, -0.05) is 11.6 Å². The van der Waals surface area contributed by atoms with E-state index in [4.69, 9.17) is 16.9 Å². The number of nitriles is 1. The lowest BCUT2D eigenvalue weighted by Gasteiger charge is -2.04. The van der Waals surface area contributed by atoms with Gasteiger partial charge in [0, 0.05) is 6.20 Å². The molecule has 0 saturated carbocycles. The van der Waals surface area contributed by atoms with Gasteiger partial charge in [0.25, 0.3) is 0 Å². The monoisotopic (exact) mass is 246 g/mol. The van der Waals surface area contributed by atoms with E-state index < -0.39 is 0 Å². The fourth-order valence-electron chi connectivity index (χ4n) is 1.64. The lowest BCUT2D eigenvalue weighted by atomic mass is 10.2. The van der Waals surface area contributed by atoms with Crippen molar-refractivity contribution in [3.63, 3.8) is 0 Å². The van der Waals surface area contributed by atoms with Crippen LogP contribution in [-0.4, -0.2) is 14.8 Å². The maximum absolute atomic E-state index is 8.77. The van der Waals surface area contributed by atoms with Crippen LogP contribution < -0.4 is 0 Å². The van der Waals surface area contributed by atoms with Crippen LogP contribution in [0.15, 0.2) is 18.3 Å². The number of pyridine rings is 1. The molecular formula is C12H11ClN4. The molecule has 0 aliphatic carbocycles. The Morgan fingerprint density at radius 1 is 1.47 bits per heavy atom. The number of halogens is 1. The molecular weight excluding hydrogens is 236 g/mol. The highest BCUT2D eigenvalue weighted by atomic mass is 35.5. The molecule has 4 nitrogen and oxygen atoms in total. The van der Waals surface area contributed by atoms with Crippen LogP contribution in [0.1, 0.15) is 22.6 Å². The van der Waals surface area contributed by atoms with Crippen LogP contribution in [0.5, 0.6) is 0 Å². The van der Waals surface area contributed by atoms with Crippen LogP contribution in [0.2, 0.25) is 5.02 Å². The normalized spacial score (nSPS) is 10.2. The summed E-state index contributed by atoms with van der Waals surface area (Å²) >= 11 is 6.08. The molecule has 17 heavy (non-hydrogen) atoms. The van der Waals surface area contributed by atoms with E-state index in [-0.39, 0.29) is 0 Å². The molecule has 2 heterocycles. The summed E-state index contributed by atoms with van der Waals surface area (Å²) in [4.78, 5) is 3.93. The van der Waals surface area contributed by atoms with E-state index in [1.807, 2.05) is 30.7 Å². The lowest BCUT2D eigenvalue weighted by Crippen LogP contribution is -2.04. The van der Waals surface area contributed by atoms with Crippen molar-refractivity contribution in [3.8, 4) is 6.07 Å². The fourth-order valence-corrected chi connectivity index (χ4v) is 1.77. The molecule has 0 bridgehead atoms. The molecule has 0 fully saturated rings. The Bertz CT molecular complexity index is 595. The molecule has 2 rings (SSSR count). The van der Waals surface area contributed by atoms with Crippen LogP contribution in [0.4, 0.5) is 0 Å². The number of aromatic nitrogens is 3. The lowest BCUT2D eigenvalue weighted by molar-refractivity contribution is 0.658. The number of rotatable bonds is 2. The molecule has 86 valence electrons. The second-order valence-electron chi connectivity index (χ2n) is 3.80. The summed E-state index contributed by atoms with van der Waals surface area (Å²) < 4.78 is 1.83. The van der Waals surface area contributed by atoms with Crippen LogP contribution in [0, 0.1) is 25.2 Å². The first-order valence-corrected chi connectivity index (χ1v) is 5.54. The first-order valence-electron chi connectivity index (χ1n) is 5.16. The van der Waals surface area contributed by atoms with E-state index in [1.165, 1.54) is 0 Å². The van der Waals surface area contributed by atoms with Crippen molar-refractivity contribution in [1.82, 2.24) is 14.8 Å². The third kappa shape index (κ3) is 2.29. The maximum Gasteiger partial charge on any atom is 0.140 e. The third-order valence-corrected chi connectivity index (χ3v) is 3.11. The molecule has 5 heteroatoms. The fraction of sp³-hybridized carbons (Fsp3) is 0.250. The zero-order valence-corrected chi connectivity index (χ0v) is 10.4. The first-order chi connectivity index (χ1) is 8.11. The summed E-state index contributed by atoms with van der Waals surface area (Å²) in [6.07, 6.45) is 1.63. The molecule has 0 unspecified atom stereocenters. The SMILES string of the molecule is Cc1nn(Cc2ccnc(C#N)c2)c(C)c1Cl. The van der Waals surface area contributed by atoms with E-state index in [9.17, 15) is 0 Å². The van der Waals surface area contributed by atoms with Crippen LogP contribution >= 0.6 is 11.6 Å². The summed E-state index contributed by atoms with van der Waals surface area (Å²) in [7, 11) is 0. The number of aryl methyl sites for hydroxylation is 1. The van der Waals surface area contributed by atoms with E-state index in [1.54, 1.807) is 12.3 Å². The van der Waals surface area contributed by atoms with Gasteiger partial charge in [-0.3, -0.25) is 4.68 Å². The van der Waals surface area contributed by atoms with Crippen molar-refractivity contribution >= 4 is 11.6 Å². The molecule has 0 aliphatic heterocycles. The van der Waals surface area contributed by atoms with E-state index in [0.29, 0.717) is 17.3 Å². The van der Waals surface area contributed by atoms with Crippen molar-refractivity contribution in [3.05, 3.63) is 46.0 Å². The highest BCUT2D eigenvalue weighted by molar-refractivity contribution is 6.31. The van der Waals surface area contributed by atoms with Crippen molar-refractivity contribution in [2.75, 3.05) is 0 Å². The second kappa shape index (κ2) is 4.56. The van der Waals surface area contributed by atoms with Gasteiger partial charge in [-0.25, -0.2) is 4.98 Å². The van der Waals surface area contributed by atoms with Crippen LogP contribution in [-0.2, 0) is 6.54 Å². The Balaban J connectivity index is 2.32. The first kappa shape index (κ1) is 11.6. The molecule has 0 aliphatic rings. The molecule has 0 spiro atoms. The van der Waals surface area contributed by atoms with Gasteiger partial charge in [0.05, 0.1) is 23.0 Å². The summed E-state index contributed by atoms with van der Waals surface area (Å²) in [5.74, 6) is 0. The predicted octanol–water partition coefficient (Wildman–Crippen LogP) is 2.47. The van der Waals surface area contributed by atoms with Crippen LogP contribution in [0.25, 0.3) is 0 Å². The standard InChI is InChI=1S/C12H11ClN4/c1-8-12(13)9(2)17(16-8)7-10-3-4-15-11(5-10)6-14/h3-5H,7H2,1-2H3. The van der Waals surface area contributed by atoms with Gasteiger partial charge >= 0.3 is 0 Å². The molecule has 0 amide bonds. The number of hydrogen-bond donors (Lipinski definition) is 0.